The fraction of sp³-hybridized carbons (Fsp3) is 0.500. The highest BCUT2D eigenvalue weighted by Gasteiger charge is 1.99. The van der Waals surface area contributed by atoms with Gasteiger partial charge in [-0.1, -0.05) is 0 Å². The van der Waals surface area contributed by atoms with Crippen molar-refractivity contribution in [2.24, 2.45) is 0 Å². The van der Waals surface area contributed by atoms with Crippen molar-refractivity contribution in [1.82, 2.24) is 5.32 Å². The summed E-state index contributed by atoms with van der Waals surface area (Å²) in [5, 5.41) is 20.2. The lowest BCUT2D eigenvalue weighted by atomic mass is 10.3. The maximum absolute atomic E-state index is 8.54. The molecule has 4 heteroatoms. The van der Waals surface area contributed by atoms with Crippen molar-refractivity contribution < 1.29 is 9.52 Å². The second kappa shape index (κ2) is 6.19. The van der Waals surface area contributed by atoms with Crippen LogP contribution in [0, 0.1) is 11.3 Å². The minimum atomic E-state index is 0.237. The smallest absolute Gasteiger partial charge is 0.203 e. The molecule has 1 rings (SSSR count). The van der Waals surface area contributed by atoms with Crippen molar-refractivity contribution in [2.45, 2.75) is 19.4 Å². The first-order valence-electron chi connectivity index (χ1n) is 4.67. The van der Waals surface area contributed by atoms with E-state index in [4.69, 9.17) is 14.8 Å². The first kappa shape index (κ1) is 10.8. The molecule has 0 saturated carbocycles. The van der Waals surface area contributed by atoms with Crippen LogP contribution in [-0.2, 0) is 6.54 Å². The molecule has 1 aromatic rings. The van der Waals surface area contributed by atoms with E-state index in [9.17, 15) is 0 Å². The van der Waals surface area contributed by atoms with Crippen molar-refractivity contribution in [3.8, 4) is 6.07 Å². The summed E-state index contributed by atoms with van der Waals surface area (Å²) in [5.74, 6) is 1.11. The molecule has 14 heavy (non-hydrogen) atoms. The summed E-state index contributed by atoms with van der Waals surface area (Å²) in [4.78, 5) is 0. The average Bonchev–Trinajstić information content (AvgIpc) is 2.65. The van der Waals surface area contributed by atoms with Gasteiger partial charge in [0.1, 0.15) is 11.8 Å². The molecule has 0 radical (unpaired) electrons. The summed E-state index contributed by atoms with van der Waals surface area (Å²) >= 11 is 0. The third-order valence-electron chi connectivity index (χ3n) is 1.83. The summed E-state index contributed by atoms with van der Waals surface area (Å²) < 4.78 is 5.17. The van der Waals surface area contributed by atoms with Crippen LogP contribution in [0.4, 0.5) is 0 Å². The molecule has 1 aromatic heterocycles. The third-order valence-corrected chi connectivity index (χ3v) is 1.83. The number of furan rings is 1. The van der Waals surface area contributed by atoms with Gasteiger partial charge in [0.15, 0.2) is 0 Å². The van der Waals surface area contributed by atoms with Gasteiger partial charge in [-0.25, -0.2) is 0 Å². The molecular weight excluding hydrogens is 180 g/mol. The van der Waals surface area contributed by atoms with Crippen LogP contribution < -0.4 is 5.32 Å². The SMILES string of the molecule is N#Cc1ccc(CNCCCCO)o1. The molecule has 0 bridgehead atoms. The molecule has 0 unspecified atom stereocenters. The van der Waals surface area contributed by atoms with Crippen LogP contribution in [0.15, 0.2) is 16.5 Å². The Morgan fingerprint density at radius 1 is 1.43 bits per heavy atom. The van der Waals surface area contributed by atoms with E-state index < -0.39 is 0 Å². The van der Waals surface area contributed by atoms with Gasteiger partial charge in [-0.05, 0) is 31.5 Å². The number of rotatable bonds is 6. The van der Waals surface area contributed by atoms with Crippen LogP contribution in [0.2, 0.25) is 0 Å². The Bertz CT molecular complexity index is 301. The average molecular weight is 194 g/mol. The highest BCUT2D eigenvalue weighted by atomic mass is 16.3. The second-order valence-corrected chi connectivity index (χ2v) is 2.99. The van der Waals surface area contributed by atoms with Crippen molar-refractivity contribution in [2.75, 3.05) is 13.2 Å². The molecule has 0 aliphatic carbocycles. The molecule has 0 fully saturated rings. The van der Waals surface area contributed by atoms with Crippen molar-refractivity contribution >= 4 is 0 Å². The van der Waals surface area contributed by atoms with Gasteiger partial charge < -0.3 is 14.8 Å². The number of hydrogen-bond acceptors (Lipinski definition) is 4. The van der Waals surface area contributed by atoms with Gasteiger partial charge >= 0.3 is 0 Å². The second-order valence-electron chi connectivity index (χ2n) is 2.99. The first-order valence-corrected chi connectivity index (χ1v) is 4.67. The van der Waals surface area contributed by atoms with Crippen LogP contribution >= 0.6 is 0 Å². The normalized spacial score (nSPS) is 10.0. The Hall–Kier alpha value is -1.31. The summed E-state index contributed by atoms with van der Waals surface area (Å²) in [6.07, 6.45) is 1.76. The number of unbranched alkanes of at least 4 members (excludes halogenated alkanes) is 1. The zero-order chi connectivity index (χ0) is 10.2. The minimum Gasteiger partial charge on any atom is -0.449 e. The fourth-order valence-electron chi connectivity index (χ4n) is 1.11. The Kier molecular flexibility index (Phi) is 4.76. The lowest BCUT2D eigenvalue weighted by Crippen LogP contribution is -2.14. The van der Waals surface area contributed by atoms with E-state index in [0.717, 1.165) is 25.1 Å². The summed E-state index contributed by atoms with van der Waals surface area (Å²) in [5.41, 5.74) is 0. The van der Waals surface area contributed by atoms with Crippen molar-refractivity contribution in [3.63, 3.8) is 0 Å². The van der Waals surface area contributed by atoms with E-state index in [1.807, 2.05) is 6.07 Å². The third kappa shape index (κ3) is 3.60. The number of aliphatic hydroxyl groups excluding tert-OH is 1. The van der Waals surface area contributed by atoms with Crippen LogP contribution in [0.25, 0.3) is 0 Å². The summed E-state index contributed by atoms with van der Waals surface area (Å²) in [6.45, 7) is 1.72. The van der Waals surface area contributed by atoms with E-state index in [1.54, 1.807) is 12.1 Å². The number of nitriles is 1. The predicted molar refractivity (Wildman–Crippen MR) is 51.4 cm³/mol. The molecule has 0 atom stereocenters. The molecule has 1 heterocycles. The molecule has 4 nitrogen and oxygen atoms in total. The number of aliphatic hydroxyl groups is 1. The molecule has 0 saturated heterocycles. The Morgan fingerprint density at radius 2 is 2.29 bits per heavy atom. The van der Waals surface area contributed by atoms with E-state index in [2.05, 4.69) is 5.32 Å². The molecule has 0 amide bonds. The van der Waals surface area contributed by atoms with Crippen LogP contribution in [0.5, 0.6) is 0 Å². The topological polar surface area (TPSA) is 69.2 Å². The van der Waals surface area contributed by atoms with Gasteiger partial charge in [-0.15, -0.1) is 0 Å². The van der Waals surface area contributed by atoms with E-state index in [0.29, 0.717) is 12.3 Å². The highest BCUT2D eigenvalue weighted by molar-refractivity contribution is 5.18. The summed E-state index contributed by atoms with van der Waals surface area (Å²) in [6, 6.07) is 5.38. The monoisotopic (exact) mass is 194 g/mol. The molecule has 0 aromatic carbocycles. The number of nitrogens with zero attached hydrogens (tertiary/aromatic N) is 1. The van der Waals surface area contributed by atoms with E-state index in [1.165, 1.54) is 0 Å². The largest absolute Gasteiger partial charge is 0.449 e. The minimum absolute atomic E-state index is 0.237. The Morgan fingerprint density at radius 3 is 2.93 bits per heavy atom. The highest BCUT2D eigenvalue weighted by Crippen LogP contribution is 2.05. The van der Waals surface area contributed by atoms with Crippen LogP contribution in [0.1, 0.15) is 24.4 Å². The number of hydrogen-bond donors (Lipinski definition) is 2. The predicted octanol–water partition coefficient (Wildman–Crippen LogP) is 1.01. The standard InChI is InChI=1S/C10H14N2O2/c11-7-9-3-4-10(14-9)8-12-5-1-2-6-13/h3-4,12-13H,1-2,5-6,8H2. The molecule has 76 valence electrons. The summed E-state index contributed by atoms with van der Waals surface area (Å²) in [7, 11) is 0. The maximum atomic E-state index is 8.54. The van der Waals surface area contributed by atoms with Gasteiger partial charge in [0.2, 0.25) is 5.76 Å². The van der Waals surface area contributed by atoms with E-state index >= 15 is 0 Å². The van der Waals surface area contributed by atoms with Crippen LogP contribution in [0.3, 0.4) is 0 Å². The zero-order valence-electron chi connectivity index (χ0n) is 7.99. The molecule has 2 N–H and O–H groups in total. The maximum Gasteiger partial charge on any atom is 0.203 e. The van der Waals surface area contributed by atoms with E-state index in [-0.39, 0.29) is 6.61 Å². The van der Waals surface area contributed by atoms with Crippen molar-refractivity contribution in [1.29, 1.82) is 5.26 Å². The lowest BCUT2D eigenvalue weighted by molar-refractivity contribution is 0.283. The van der Waals surface area contributed by atoms with Gasteiger partial charge in [0.05, 0.1) is 6.54 Å². The zero-order valence-corrected chi connectivity index (χ0v) is 7.99. The van der Waals surface area contributed by atoms with Gasteiger partial charge in [0, 0.05) is 6.61 Å². The Labute approximate surface area is 83.2 Å². The quantitative estimate of drug-likeness (QED) is 0.663. The molecule has 0 aliphatic rings. The molecule has 0 aliphatic heterocycles. The molecular formula is C10H14N2O2. The number of nitrogens with one attached hydrogen (secondary N) is 1. The fourth-order valence-corrected chi connectivity index (χ4v) is 1.11. The van der Waals surface area contributed by atoms with Gasteiger partial charge in [-0.2, -0.15) is 5.26 Å². The van der Waals surface area contributed by atoms with Crippen LogP contribution in [-0.4, -0.2) is 18.3 Å². The van der Waals surface area contributed by atoms with Gasteiger partial charge in [0.25, 0.3) is 0 Å². The Balaban J connectivity index is 2.16. The van der Waals surface area contributed by atoms with Gasteiger partial charge in [-0.3, -0.25) is 0 Å². The van der Waals surface area contributed by atoms with Crippen molar-refractivity contribution in [3.05, 3.63) is 23.7 Å². The molecule has 0 spiro atoms. The first-order chi connectivity index (χ1) is 6.86. The lowest BCUT2D eigenvalue weighted by Gasteiger charge is -2.00.